The van der Waals surface area contributed by atoms with Gasteiger partial charge in [0.15, 0.2) is 0 Å². The average molecular weight is 479 g/mol. The normalized spacial score (nSPS) is 12.1. The number of fused-ring (bicyclic) bond motifs is 1. The zero-order valence-corrected chi connectivity index (χ0v) is 19.0. The zero-order valence-electron chi connectivity index (χ0n) is 17.4. The first-order valence-electron chi connectivity index (χ1n) is 10.1. The second-order valence-electron chi connectivity index (χ2n) is 7.62. The maximum Gasteiger partial charge on any atom is 0.274 e. The molecule has 1 heterocycles. The molecule has 5 nitrogen and oxygen atoms in total. The van der Waals surface area contributed by atoms with Gasteiger partial charge in [-0.05, 0) is 55.8 Å². The number of aryl methyl sites for hydroxylation is 2. The molecule has 158 valence electrons. The Morgan fingerprint density at radius 1 is 1.03 bits per heavy atom. The summed E-state index contributed by atoms with van der Waals surface area (Å²) in [6, 6.07) is 21.0. The Labute approximate surface area is 189 Å². The summed E-state index contributed by atoms with van der Waals surface area (Å²) >= 11 is 3.38. The molecule has 4 aromatic rings. The number of halogens is 1. The molecule has 1 N–H and O–H groups in total. The minimum absolute atomic E-state index is 0.0397. The lowest BCUT2D eigenvalue weighted by Gasteiger charge is -2.16. The van der Waals surface area contributed by atoms with Crippen LogP contribution in [0.3, 0.4) is 0 Å². The molecule has 0 saturated heterocycles. The van der Waals surface area contributed by atoms with E-state index in [0.717, 1.165) is 32.2 Å². The molecular formula is C25H23BrN2O3. The number of hydrogen-bond acceptors (Lipinski definition) is 4. The topological polar surface area (TPSA) is 64.3 Å². The van der Waals surface area contributed by atoms with Crippen LogP contribution in [0.5, 0.6) is 5.75 Å². The molecule has 0 bridgehead atoms. The minimum atomic E-state index is -0.888. The summed E-state index contributed by atoms with van der Waals surface area (Å²) in [6.07, 6.45) is -0.888. The number of rotatable bonds is 6. The van der Waals surface area contributed by atoms with E-state index in [9.17, 15) is 9.90 Å². The molecule has 0 fully saturated rings. The molecule has 0 aliphatic heterocycles. The predicted octanol–water partition coefficient (Wildman–Crippen LogP) is 4.88. The quantitative estimate of drug-likeness (QED) is 0.428. The Balaban J connectivity index is 1.68. The third-order valence-corrected chi connectivity index (χ3v) is 5.68. The molecule has 0 spiro atoms. The zero-order chi connectivity index (χ0) is 22.0. The minimum Gasteiger partial charge on any atom is -0.491 e. The van der Waals surface area contributed by atoms with E-state index in [-0.39, 0.29) is 18.7 Å². The second kappa shape index (κ2) is 9.04. The Kier molecular flexibility index (Phi) is 6.20. The summed E-state index contributed by atoms with van der Waals surface area (Å²) in [5.41, 5.74) is 3.68. The maximum absolute atomic E-state index is 13.1. The highest BCUT2D eigenvalue weighted by atomic mass is 79.9. The van der Waals surface area contributed by atoms with Crippen LogP contribution in [-0.2, 0) is 6.54 Å². The fourth-order valence-corrected chi connectivity index (χ4v) is 3.79. The molecule has 6 heteroatoms. The van der Waals surface area contributed by atoms with E-state index in [1.165, 1.54) is 4.68 Å². The lowest BCUT2D eigenvalue weighted by atomic mass is 9.99. The lowest BCUT2D eigenvalue weighted by Crippen LogP contribution is -2.32. The third-order valence-electron chi connectivity index (χ3n) is 5.16. The Bertz CT molecular complexity index is 1280. The molecule has 0 amide bonds. The van der Waals surface area contributed by atoms with Crippen LogP contribution in [0.4, 0.5) is 0 Å². The first kappa shape index (κ1) is 21.3. The monoisotopic (exact) mass is 478 g/mol. The number of nitrogens with zero attached hydrogens (tertiary/aromatic N) is 2. The van der Waals surface area contributed by atoms with Gasteiger partial charge in [0.1, 0.15) is 18.5 Å². The van der Waals surface area contributed by atoms with E-state index in [0.29, 0.717) is 11.1 Å². The van der Waals surface area contributed by atoms with Crippen LogP contribution < -0.4 is 10.3 Å². The van der Waals surface area contributed by atoms with Crippen LogP contribution in [0, 0.1) is 13.8 Å². The average Bonchev–Trinajstić information content (AvgIpc) is 2.77. The molecule has 0 saturated carbocycles. The fraction of sp³-hybridized carbons (Fsp3) is 0.200. The second-order valence-corrected chi connectivity index (χ2v) is 8.53. The van der Waals surface area contributed by atoms with E-state index in [2.05, 4.69) is 39.2 Å². The highest BCUT2D eigenvalue weighted by molar-refractivity contribution is 9.10. The molecule has 0 aliphatic rings. The number of benzene rings is 3. The Hall–Kier alpha value is -2.96. The highest BCUT2D eigenvalue weighted by Crippen LogP contribution is 2.28. The van der Waals surface area contributed by atoms with Crippen molar-refractivity contribution in [2.75, 3.05) is 6.61 Å². The SMILES string of the molecule is Cc1ccc(C)c(-c2nn(CC(O)COc3ccc(Br)cc3)c(=O)c3ccccc23)c1. The lowest BCUT2D eigenvalue weighted by molar-refractivity contribution is 0.0882. The Morgan fingerprint density at radius 3 is 2.48 bits per heavy atom. The van der Waals surface area contributed by atoms with E-state index in [1.54, 1.807) is 6.07 Å². The summed E-state index contributed by atoms with van der Waals surface area (Å²) in [5.74, 6) is 0.650. The molecule has 0 radical (unpaired) electrons. The van der Waals surface area contributed by atoms with Crippen molar-refractivity contribution in [3.8, 4) is 17.0 Å². The molecule has 3 aromatic carbocycles. The van der Waals surface area contributed by atoms with Crippen molar-refractivity contribution in [2.24, 2.45) is 0 Å². The summed E-state index contributed by atoms with van der Waals surface area (Å²) in [6.45, 7) is 4.16. The van der Waals surface area contributed by atoms with Crippen molar-refractivity contribution in [2.45, 2.75) is 26.5 Å². The fourth-order valence-electron chi connectivity index (χ4n) is 3.52. The van der Waals surface area contributed by atoms with E-state index in [4.69, 9.17) is 4.74 Å². The van der Waals surface area contributed by atoms with Crippen molar-refractivity contribution in [3.63, 3.8) is 0 Å². The molecule has 1 aromatic heterocycles. The van der Waals surface area contributed by atoms with Gasteiger partial charge in [0, 0.05) is 15.4 Å². The van der Waals surface area contributed by atoms with Gasteiger partial charge in [0.05, 0.1) is 17.6 Å². The van der Waals surface area contributed by atoms with Crippen LogP contribution in [0.2, 0.25) is 0 Å². The molecule has 0 aliphatic carbocycles. The van der Waals surface area contributed by atoms with Crippen LogP contribution >= 0.6 is 15.9 Å². The van der Waals surface area contributed by atoms with Crippen molar-refractivity contribution in [1.82, 2.24) is 9.78 Å². The first-order chi connectivity index (χ1) is 14.9. The summed E-state index contributed by atoms with van der Waals surface area (Å²) in [7, 11) is 0. The first-order valence-corrected chi connectivity index (χ1v) is 10.9. The van der Waals surface area contributed by atoms with Crippen molar-refractivity contribution >= 4 is 26.7 Å². The largest absolute Gasteiger partial charge is 0.491 e. The number of ether oxygens (including phenoxy) is 1. The van der Waals surface area contributed by atoms with Crippen LogP contribution in [0.25, 0.3) is 22.0 Å². The Morgan fingerprint density at radius 2 is 1.74 bits per heavy atom. The van der Waals surface area contributed by atoms with Crippen molar-refractivity contribution in [1.29, 1.82) is 0 Å². The van der Waals surface area contributed by atoms with Gasteiger partial charge in [-0.25, -0.2) is 4.68 Å². The molecule has 1 unspecified atom stereocenters. The number of hydrogen-bond donors (Lipinski definition) is 1. The number of aliphatic hydroxyl groups is 1. The van der Waals surface area contributed by atoms with Crippen LogP contribution in [-0.4, -0.2) is 27.6 Å². The maximum atomic E-state index is 13.1. The molecule has 4 rings (SSSR count). The van der Waals surface area contributed by atoms with E-state index >= 15 is 0 Å². The van der Waals surface area contributed by atoms with Gasteiger partial charge >= 0.3 is 0 Å². The summed E-state index contributed by atoms with van der Waals surface area (Å²) in [5, 5.41) is 16.6. The van der Waals surface area contributed by atoms with Gasteiger partial charge in [0.25, 0.3) is 5.56 Å². The van der Waals surface area contributed by atoms with Gasteiger partial charge in [0.2, 0.25) is 0 Å². The van der Waals surface area contributed by atoms with Gasteiger partial charge in [-0.3, -0.25) is 4.79 Å². The van der Waals surface area contributed by atoms with Crippen LogP contribution in [0.1, 0.15) is 11.1 Å². The number of aliphatic hydroxyl groups excluding tert-OH is 1. The number of aromatic nitrogens is 2. The van der Waals surface area contributed by atoms with E-state index in [1.807, 2.05) is 56.3 Å². The van der Waals surface area contributed by atoms with Gasteiger partial charge in [-0.2, -0.15) is 5.10 Å². The summed E-state index contributed by atoms with van der Waals surface area (Å²) < 4.78 is 7.95. The standard InChI is InChI=1S/C25H23BrN2O3/c1-16-7-8-17(2)23(13-16)24-21-5-3-4-6-22(21)25(30)28(27-24)14-19(29)15-31-20-11-9-18(26)10-12-20/h3-13,19,29H,14-15H2,1-2H3. The van der Waals surface area contributed by atoms with Crippen molar-refractivity contribution in [3.05, 3.63) is 92.7 Å². The highest BCUT2D eigenvalue weighted by Gasteiger charge is 2.16. The molecule has 1 atom stereocenters. The van der Waals surface area contributed by atoms with Crippen molar-refractivity contribution < 1.29 is 9.84 Å². The van der Waals surface area contributed by atoms with Crippen LogP contribution in [0.15, 0.2) is 76.0 Å². The van der Waals surface area contributed by atoms with Gasteiger partial charge in [-0.15, -0.1) is 0 Å². The third kappa shape index (κ3) is 4.70. The summed E-state index contributed by atoms with van der Waals surface area (Å²) in [4.78, 5) is 13.1. The molecule has 31 heavy (non-hydrogen) atoms. The van der Waals surface area contributed by atoms with Gasteiger partial charge < -0.3 is 9.84 Å². The predicted molar refractivity (Wildman–Crippen MR) is 127 cm³/mol. The van der Waals surface area contributed by atoms with E-state index < -0.39 is 6.10 Å². The molecular weight excluding hydrogens is 456 g/mol. The van der Waals surface area contributed by atoms with Gasteiger partial charge in [-0.1, -0.05) is 51.8 Å². The smallest absolute Gasteiger partial charge is 0.274 e.